The van der Waals surface area contributed by atoms with Crippen LogP contribution in [0, 0.1) is 20.8 Å². The summed E-state index contributed by atoms with van der Waals surface area (Å²) in [5.41, 5.74) is 5.34. The van der Waals surface area contributed by atoms with Gasteiger partial charge in [0.1, 0.15) is 0 Å². The molecule has 0 aliphatic rings. The van der Waals surface area contributed by atoms with Gasteiger partial charge in [0.05, 0.1) is 0 Å². The first-order valence-corrected chi connectivity index (χ1v) is 7.41. The molecule has 0 aliphatic carbocycles. The SMILES string of the molecule is CNCc1ccc(Sc2cc(C)ccc2C)c(C)c1. The molecule has 0 unspecified atom stereocenters. The lowest BCUT2D eigenvalue weighted by atomic mass is 10.1. The average Bonchev–Trinajstić information content (AvgIpc) is 2.37. The number of hydrogen-bond donors (Lipinski definition) is 1. The van der Waals surface area contributed by atoms with E-state index in [0.29, 0.717) is 0 Å². The summed E-state index contributed by atoms with van der Waals surface area (Å²) in [6, 6.07) is 13.3. The van der Waals surface area contributed by atoms with Gasteiger partial charge in [0.2, 0.25) is 0 Å². The van der Waals surface area contributed by atoms with Gasteiger partial charge in [-0.25, -0.2) is 0 Å². The van der Waals surface area contributed by atoms with Crippen LogP contribution >= 0.6 is 11.8 Å². The molecule has 2 aromatic rings. The number of hydrogen-bond acceptors (Lipinski definition) is 2. The van der Waals surface area contributed by atoms with Crippen molar-refractivity contribution in [3.05, 3.63) is 58.7 Å². The van der Waals surface area contributed by atoms with Gasteiger partial charge in [-0.15, -0.1) is 0 Å². The third-order valence-electron chi connectivity index (χ3n) is 3.18. The van der Waals surface area contributed by atoms with E-state index in [9.17, 15) is 0 Å². The number of aryl methyl sites for hydroxylation is 3. The Bertz CT molecular complexity index is 575. The molecule has 0 saturated carbocycles. The lowest BCUT2D eigenvalue weighted by molar-refractivity contribution is 0.815. The number of nitrogens with one attached hydrogen (secondary N) is 1. The second-order valence-electron chi connectivity index (χ2n) is 5.00. The maximum Gasteiger partial charge on any atom is 0.0202 e. The van der Waals surface area contributed by atoms with Crippen LogP contribution < -0.4 is 5.32 Å². The first-order chi connectivity index (χ1) is 9.10. The van der Waals surface area contributed by atoms with Crippen molar-refractivity contribution >= 4 is 11.8 Å². The summed E-state index contributed by atoms with van der Waals surface area (Å²) < 4.78 is 0. The van der Waals surface area contributed by atoms with E-state index in [1.165, 1.54) is 32.0 Å². The maximum absolute atomic E-state index is 3.19. The van der Waals surface area contributed by atoms with Gasteiger partial charge in [-0.2, -0.15) is 0 Å². The molecule has 0 aliphatic heterocycles. The molecule has 2 heteroatoms. The molecule has 0 radical (unpaired) electrons. The Morgan fingerprint density at radius 3 is 2.37 bits per heavy atom. The molecule has 1 nitrogen and oxygen atoms in total. The van der Waals surface area contributed by atoms with E-state index < -0.39 is 0 Å². The minimum absolute atomic E-state index is 0.926. The Labute approximate surface area is 120 Å². The van der Waals surface area contributed by atoms with E-state index in [1.54, 1.807) is 0 Å². The fourth-order valence-corrected chi connectivity index (χ4v) is 3.14. The van der Waals surface area contributed by atoms with Crippen molar-refractivity contribution in [2.45, 2.75) is 37.1 Å². The normalized spacial score (nSPS) is 10.7. The van der Waals surface area contributed by atoms with Crippen LogP contribution in [0.5, 0.6) is 0 Å². The van der Waals surface area contributed by atoms with Gasteiger partial charge in [-0.05, 0) is 62.2 Å². The van der Waals surface area contributed by atoms with Crippen LogP contribution in [0.1, 0.15) is 22.3 Å². The van der Waals surface area contributed by atoms with Crippen molar-refractivity contribution < 1.29 is 0 Å². The summed E-state index contributed by atoms with van der Waals surface area (Å²) in [5.74, 6) is 0. The first kappa shape index (κ1) is 14.2. The van der Waals surface area contributed by atoms with E-state index in [4.69, 9.17) is 0 Å². The van der Waals surface area contributed by atoms with Gasteiger partial charge in [0, 0.05) is 16.3 Å². The standard InChI is InChI=1S/C17H21NS/c1-12-5-6-13(2)17(9-12)19-16-8-7-15(11-18-4)10-14(16)3/h5-10,18H,11H2,1-4H3. The largest absolute Gasteiger partial charge is 0.316 e. The summed E-state index contributed by atoms with van der Waals surface area (Å²) >= 11 is 1.86. The summed E-state index contributed by atoms with van der Waals surface area (Å²) in [6.07, 6.45) is 0. The zero-order valence-electron chi connectivity index (χ0n) is 12.1. The van der Waals surface area contributed by atoms with Gasteiger partial charge in [0.25, 0.3) is 0 Å². The Morgan fingerprint density at radius 2 is 1.68 bits per heavy atom. The molecule has 19 heavy (non-hydrogen) atoms. The van der Waals surface area contributed by atoms with Crippen LogP contribution in [-0.2, 0) is 6.54 Å². The van der Waals surface area contributed by atoms with Crippen LogP contribution in [-0.4, -0.2) is 7.05 Å². The highest BCUT2D eigenvalue weighted by atomic mass is 32.2. The molecule has 100 valence electrons. The van der Waals surface area contributed by atoms with Crippen LogP contribution in [0.2, 0.25) is 0 Å². The molecule has 2 aromatic carbocycles. The molecule has 0 spiro atoms. The van der Waals surface area contributed by atoms with Gasteiger partial charge in [-0.1, -0.05) is 36.0 Å². The summed E-state index contributed by atoms with van der Waals surface area (Å²) in [4.78, 5) is 2.69. The van der Waals surface area contributed by atoms with E-state index in [-0.39, 0.29) is 0 Å². The smallest absolute Gasteiger partial charge is 0.0202 e. The second-order valence-corrected chi connectivity index (χ2v) is 6.08. The molecule has 1 N–H and O–H groups in total. The Morgan fingerprint density at radius 1 is 0.895 bits per heavy atom. The van der Waals surface area contributed by atoms with Crippen molar-refractivity contribution in [1.29, 1.82) is 0 Å². The van der Waals surface area contributed by atoms with Gasteiger partial charge in [-0.3, -0.25) is 0 Å². The van der Waals surface area contributed by atoms with Gasteiger partial charge < -0.3 is 5.32 Å². The van der Waals surface area contributed by atoms with Crippen LogP contribution in [0.25, 0.3) is 0 Å². The van der Waals surface area contributed by atoms with Gasteiger partial charge in [0.15, 0.2) is 0 Å². The highest BCUT2D eigenvalue weighted by Gasteiger charge is 2.05. The molecule has 0 amide bonds. The molecular formula is C17H21NS. The monoisotopic (exact) mass is 271 g/mol. The van der Waals surface area contributed by atoms with E-state index in [1.807, 2.05) is 18.8 Å². The Balaban J connectivity index is 2.25. The lowest BCUT2D eigenvalue weighted by Gasteiger charge is -2.10. The molecular weight excluding hydrogens is 250 g/mol. The highest BCUT2D eigenvalue weighted by Crippen LogP contribution is 2.33. The first-order valence-electron chi connectivity index (χ1n) is 6.59. The molecule has 0 aromatic heterocycles. The predicted molar refractivity (Wildman–Crippen MR) is 84.0 cm³/mol. The zero-order chi connectivity index (χ0) is 13.8. The zero-order valence-corrected chi connectivity index (χ0v) is 12.9. The quantitative estimate of drug-likeness (QED) is 0.879. The molecule has 0 fully saturated rings. The summed E-state index contributed by atoms with van der Waals surface area (Å²) in [7, 11) is 1.98. The second kappa shape index (κ2) is 6.27. The minimum Gasteiger partial charge on any atom is -0.316 e. The van der Waals surface area contributed by atoms with E-state index >= 15 is 0 Å². The average molecular weight is 271 g/mol. The van der Waals surface area contributed by atoms with Gasteiger partial charge >= 0.3 is 0 Å². The molecule has 2 rings (SSSR count). The minimum atomic E-state index is 0.926. The van der Waals surface area contributed by atoms with Crippen molar-refractivity contribution in [1.82, 2.24) is 5.32 Å². The fraction of sp³-hybridized carbons (Fsp3) is 0.294. The van der Waals surface area contributed by atoms with Crippen LogP contribution in [0.3, 0.4) is 0 Å². The Hall–Kier alpha value is -1.25. The third kappa shape index (κ3) is 3.62. The van der Waals surface area contributed by atoms with E-state index in [2.05, 4.69) is 62.5 Å². The summed E-state index contributed by atoms with van der Waals surface area (Å²) in [6.45, 7) is 7.43. The van der Waals surface area contributed by atoms with Crippen LogP contribution in [0.15, 0.2) is 46.2 Å². The van der Waals surface area contributed by atoms with Crippen molar-refractivity contribution in [3.8, 4) is 0 Å². The fourth-order valence-electron chi connectivity index (χ4n) is 2.08. The molecule has 0 heterocycles. The third-order valence-corrected chi connectivity index (χ3v) is 4.52. The lowest BCUT2D eigenvalue weighted by Crippen LogP contribution is -2.05. The summed E-state index contributed by atoms with van der Waals surface area (Å²) in [5, 5.41) is 3.19. The topological polar surface area (TPSA) is 12.0 Å². The van der Waals surface area contributed by atoms with E-state index in [0.717, 1.165) is 6.54 Å². The van der Waals surface area contributed by atoms with Crippen molar-refractivity contribution in [2.24, 2.45) is 0 Å². The molecule has 0 saturated heterocycles. The van der Waals surface area contributed by atoms with Crippen molar-refractivity contribution in [3.63, 3.8) is 0 Å². The molecule has 0 bridgehead atoms. The van der Waals surface area contributed by atoms with Crippen LogP contribution in [0.4, 0.5) is 0 Å². The maximum atomic E-state index is 3.19. The highest BCUT2D eigenvalue weighted by molar-refractivity contribution is 7.99. The number of benzene rings is 2. The predicted octanol–water partition coefficient (Wildman–Crippen LogP) is 4.48. The number of rotatable bonds is 4. The van der Waals surface area contributed by atoms with Crippen molar-refractivity contribution in [2.75, 3.05) is 7.05 Å². The molecule has 0 atom stereocenters. The Kier molecular flexibility index (Phi) is 4.67.